The lowest BCUT2D eigenvalue weighted by Crippen LogP contribution is -2.15. The SMILES string of the molecule is CN1N=CCC1c1cnccn1. The van der Waals surface area contributed by atoms with E-state index in [1.165, 1.54) is 0 Å². The molecule has 0 N–H and O–H groups in total. The Morgan fingerprint density at radius 3 is 3.00 bits per heavy atom. The van der Waals surface area contributed by atoms with Crippen molar-refractivity contribution in [3.63, 3.8) is 0 Å². The topological polar surface area (TPSA) is 41.4 Å². The summed E-state index contributed by atoms with van der Waals surface area (Å²) in [6.07, 6.45) is 8.01. The molecule has 0 spiro atoms. The molecular weight excluding hydrogens is 152 g/mol. The zero-order valence-corrected chi connectivity index (χ0v) is 6.88. The van der Waals surface area contributed by atoms with Crippen LogP contribution in [0.1, 0.15) is 18.2 Å². The van der Waals surface area contributed by atoms with Crippen molar-refractivity contribution in [3.05, 3.63) is 24.3 Å². The number of nitrogens with zero attached hydrogens (tertiary/aromatic N) is 4. The summed E-state index contributed by atoms with van der Waals surface area (Å²) in [5.41, 5.74) is 0.984. The van der Waals surface area contributed by atoms with Crippen molar-refractivity contribution < 1.29 is 0 Å². The van der Waals surface area contributed by atoms with Crippen LogP contribution in [0.4, 0.5) is 0 Å². The van der Waals surface area contributed by atoms with E-state index in [0.29, 0.717) is 0 Å². The fourth-order valence-corrected chi connectivity index (χ4v) is 1.30. The highest BCUT2D eigenvalue weighted by Gasteiger charge is 2.19. The van der Waals surface area contributed by atoms with Gasteiger partial charge < -0.3 is 0 Å². The second kappa shape index (κ2) is 2.89. The van der Waals surface area contributed by atoms with Crippen LogP contribution in [0.2, 0.25) is 0 Å². The van der Waals surface area contributed by atoms with E-state index in [0.717, 1.165) is 12.1 Å². The fraction of sp³-hybridized carbons (Fsp3) is 0.375. The second-order valence-corrected chi connectivity index (χ2v) is 2.75. The summed E-state index contributed by atoms with van der Waals surface area (Å²) in [5.74, 6) is 0. The summed E-state index contributed by atoms with van der Waals surface area (Å²) in [5, 5.41) is 6.04. The maximum atomic E-state index is 4.23. The highest BCUT2D eigenvalue weighted by atomic mass is 15.5. The molecule has 4 heteroatoms. The molecule has 2 rings (SSSR count). The monoisotopic (exact) mass is 162 g/mol. The van der Waals surface area contributed by atoms with E-state index in [4.69, 9.17) is 0 Å². The second-order valence-electron chi connectivity index (χ2n) is 2.75. The molecule has 0 amide bonds. The number of hydrogen-bond acceptors (Lipinski definition) is 4. The summed E-state index contributed by atoms with van der Waals surface area (Å²) in [4.78, 5) is 8.25. The van der Waals surface area contributed by atoms with Crippen LogP contribution in [-0.4, -0.2) is 28.2 Å². The minimum Gasteiger partial charge on any atom is -0.291 e. The lowest BCUT2D eigenvalue weighted by atomic mass is 10.2. The number of aromatic nitrogens is 2. The van der Waals surface area contributed by atoms with E-state index in [9.17, 15) is 0 Å². The molecule has 0 aromatic carbocycles. The molecule has 1 aliphatic heterocycles. The number of hydrogen-bond donors (Lipinski definition) is 0. The summed E-state index contributed by atoms with van der Waals surface area (Å²) in [6.45, 7) is 0. The van der Waals surface area contributed by atoms with Gasteiger partial charge in [0, 0.05) is 32.1 Å². The predicted molar refractivity (Wildman–Crippen MR) is 45.6 cm³/mol. The first-order valence-electron chi connectivity index (χ1n) is 3.89. The van der Waals surface area contributed by atoms with Gasteiger partial charge in [0.25, 0.3) is 0 Å². The van der Waals surface area contributed by atoms with Gasteiger partial charge in [-0.25, -0.2) is 0 Å². The Morgan fingerprint density at radius 2 is 2.42 bits per heavy atom. The molecule has 1 atom stereocenters. The quantitative estimate of drug-likeness (QED) is 0.614. The molecule has 1 aromatic heterocycles. The standard InChI is InChI=1S/C8H10N4/c1-12-8(2-3-11-12)7-6-9-4-5-10-7/h3-6,8H,2H2,1H3. The summed E-state index contributed by atoms with van der Waals surface area (Å²) < 4.78 is 0. The van der Waals surface area contributed by atoms with Crippen molar-refractivity contribution in [2.45, 2.75) is 12.5 Å². The van der Waals surface area contributed by atoms with Crippen LogP contribution >= 0.6 is 0 Å². The van der Waals surface area contributed by atoms with E-state index < -0.39 is 0 Å². The molecule has 4 nitrogen and oxygen atoms in total. The average Bonchev–Trinajstić information content (AvgIpc) is 2.53. The highest BCUT2D eigenvalue weighted by molar-refractivity contribution is 5.60. The minimum absolute atomic E-state index is 0.277. The molecule has 0 aliphatic carbocycles. The van der Waals surface area contributed by atoms with Gasteiger partial charge >= 0.3 is 0 Å². The van der Waals surface area contributed by atoms with E-state index in [-0.39, 0.29) is 6.04 Å². The fourth-order valence-electron chi connectivity index (χ4n) is 1.30. The third kappa shape index (κ3) is 1.15. The van der Waals surface area contributed by atoms with Gasteiger partial charge in [0.05, 0.1) is 17.9 Å². The van der Waals surface area contributed by atoms with Gasteiger partial charge in [-0.2, -0.15) is 5.10 Å². The molecule has 0 saturated carbocycles. The zero-order valence-electron chi connectivity index (χ0n) is 6.88. The van der Waals surface area contributed by atoms with Crippen LogP contribution in [0.5, 0.6) is 0 Å². The normalized spacial score (nSPS) is 21.8. The van der Waals surface area contributed by atoms with Gasteiger partial charge in [-0.15, -0.1) is 0 Å². The van der Waals surface area contributed by atoms with E-state index in [2.05, 4.69) is 15.1 Å². The first kappa shape index (κ1) is 7.21. The van der Waals surface area contributed by atoms with Gasteiger partial charge in [-0.05, 0) is 0 Å². The average molecular weight is 162 g/mol. The molecule has 0 bridgehead atoms. The van der Waals surface area contributed by atoms with E-state index >= 15 is 0 Å². The van der Waals surface area contributed by atoms with Gasteiger partial charge in [0.2, 0.25) is 0 Å². The Balaban J connectivity index is 2.22. The first-order chi connectivity index (χ1) is 5.88. The van der Waals surface area contributed by atoms with Crippen LogP contribution in [0.25, 0.3) is 0 Å². The number of hydrazone groups is 1. The maximum absolute atomic E-state index is 4.23. The van der Waals surface area contributed by atoms with Gasteiger partial charge in [-0.3, -0.25) is 15.0 Å². The third-order valence-electron chi connectivity index (χ3n) is 1.97. The van der Waals surface area contributed by atoms with E-state index in [1.54, 1.807) is 18.6 Å². The van der Waals surface area contributed by atoms with Crippen LogP contribution in [0.3, 0.4) is 0 Å². The first-order valence-corrected chi connectivity index (χ1v) is 3.89. The van der Waals surface area contributed by atoms with Gasteiger partial charge in [0.15, 0.2) is 0 Å². The molecule has 1 aliphatic rings. The Bertz CT molecular complexity index is 282. The smallest absolute Gasteiger partial charge is 0.0952 e. The molecule has 62 valence electrons. The largest absolute Gasteiger partial charge is 0.291 e. The van der Waals surface area contributed by atoms with Crippen LogP contribution in [-0.2, 0) is 0 Å². The van der Waals surface area contributed by atoms with Crippen LogP contribution in [0, 0.1) is 0 Å². The van der Waals surface area contributed by atoms with Crippen LogP contribution in [0.15, 0.2) is 23.7 Å². The van der Waals surface area contributed by atoms with Crippen molar-refractivity contribution in [1.82, 2.24) is 15.0 Å². The molecular formula is C8H10N4. The molecule has 2 heterocycles. The van der Waals surface area contributed by atoms with Crippen LogP contribution < -0.4 is 0 Å². The van der Waals surface area contributed by atoms with Gasteiger partial charge in [0.1, 0.15) is 0 Å². The highest BCUT2D eigenvalue weighted by Crippen LogP contribution is 2.23. The van der Waals surface area contributed by atoms with Crippen molar-refractivity contribution in [3.8, 4) is 0 Å². The Kier molecular flexibility index (Phi) is 1.74. The third-order valence-corrected chi connectivity index (χ3v) is 1.97. The van der Waals surface area contributed by atoms with E-state index in [1.807, 2.05) is 18.3 Å². The van der Waals surface area contributed by atoms with Crippen molar-refractivity contribution in [2.24, 2.45) is 5.10 Å². The van der Waals surface area contributed by atoms with Gasteiger partial charge in [-0.1, -0.05) is 0 Å². The molecule has 0 fully saturated rings. The number of rotatable bonds is 1. The molecule has 1 unspecified atom stereocenters. The lowest BCUT2D eigenvalue weighted by molar-refractivity contribution is 0.284. The Labute approximate surface area is 70.9 Å². The molecule has 12 heavy (non-hydrogen) atoms. The zero-order chi connectivity index (χ0) is 8.39. The van der Waals surface area contributed by atoms with Crippen molar-refractivity contribution in [2.75, 3.05) is 7.05 Å². The Morgan fingerprint density at radius 1 is 1.50 bits per heavy atom. The van der Waals surface area contributed by atoms with Crippen molar-refractivity contribution >= 4 is 6.21 Å². The minimum atomic E-state index is 0.277. The summed E-state index contributed by atoms with van der Waals surface area (Å²) in [6, 6.07) is 0.277. The van der Waals surface area contributed by atoms with Crippen molar-refractivity contribution in [1.29, 1.82) is 0 Å². The molecule has 0 radical (unpaired) electrons. The Hall–Kier alpha value is -1.45. The molecule has 1 aromatic rings. The lowest BCUT2D eigenvalue weighted by Gasteiger charge is -2.17. The predicted octanol–water partition coefficient (Wildman–Crippen LogP) is 0.839. The summed E-state index contributed by atoms with van der Waals surface area (Å²) >= 11 is 0. The maximum Gasteiger partial charge on any atom is 0.0952 e. The molecule has 0 saturated heterocycles. The summed E-state index contributed by atoms with van der Waals surface area (Å²) in [7, 11) is 1.95.